The van der Waals surface area contributed by atoms with Crippen molar-refractivity contribution in [2.75, 3.05) is 37.3 Å². The van der Waals surface area contributed by atoms with E-state index in [4.69, 9.17) is 0 Å². The van der Waals surface area contributed by atoms with Crippen LogP contribution in [0, 0.1) is 6.92 Å². The zero-order chi connectivity index (χ0) is 31.9. The van der Waals surface area contributed by atoms with Crippen molar-refractivity contribution in [3.8, 4) is 11.1 Å². The monoisotopic (exact) mass is 606 g/mol. The minimum atomic E-state index is -0.479. The van der Waals surface area contributed by atoms with Crippen molar-refractivity contribution < 1.29 is 19.2 Å². The predicted molar refractivity (Wildman–Crippen MR) is 173 cm³/mol. The quantitative estimate of drug-likeness (QED) is 0.240. The smallest absolute Gasteiger partial charge is 0.324 e. The standard InChI is InChI=1S/C32H42N6O4S/c1-9-33-28(40)26-13-11-22(18-34-26)24-16-23(12-10-21(24)4)35-31(42)36-29-25(17-27(43-29)32(5,6)7)30(41)38(20(2)3)15-14-37(8)19-39/h10-13,16-20H,9,14-15H2,1-8H3,(H,33,40)(H2,35,36,42). The van der Waals surface area contributed by atoms with Gasteiger partial charge in [-0.3, -0.25) is 24.7 Å². The molecule has 0 bridgehead atoms. The number of nitrogens with zero attached hydrogens (tertiary/aromatic N) is 3. The summed E-state index contributed by atoms with van der Waals surface area (Å²) in [6, 6.07) is 10.3. The highest BCUT2D eigenvalue weighted by Gasteiger charge is 2.28. The lowest BCUT2D eigenvalue weighted by Gasteiger charge is -2.28. The van der Waals surface area contributed by atoms with Crippen LogP contribution in [0.4, 0.5) is 15.5 Å². The highest BCUT2D eigenvalue weighted by Crippen LogP contribution is 2.37. The van der Waals surface area contributed by atoms with Crippen LogP contribution in [0.25, 0.3) is 11.1 Å². The van der Waals surface area contributed by atoms with Gasteiger partial charge in [0.2, 0.25) is 6.41 Å². The van der Waals surface area contributed by atoms with Gasteiger partial charge in [-0.2, -0.15) is 0 Å². The first-order valence-corrected chi connectivity index (χ1v) is 15.1. The molecule has 3 aromatic rings. The van der Waals surface area contributed by atoms with Crippen LogP contribution in [0.3, 0.4) is 0 Å². The van der Waals surface area contributed by atoms with Crippen molar-refractivity contribution in [3.63, 3.8) is 0 Å². The molecule has 3 rings (SSSR count). The molecule has 0 fully saturated rings. The molecule has 0 radical (unpaired) electrons. The summed E-state index contributed by atoms with van der Waals surface area (Å²) in [5.74, 6) is -0.443. The van der Waals surface area contributed by atoms with E-state index >= 15 is 0 Å². The molecular formula is C32H42N6O4S. The summed E-state index contributed by atoms with van der Waals surface area (Å²) in [7, 11) is 1.67. The Morgan fingerprint density at radius 1 is 1.05 bits per heavy atom. The number of amides is 5. The first-order chi connectivity index (χ1) is 20.2. The summed E-state index contributed by atoms with van der Waals surface area (Å²) in [4.78, 5) is 58.6. The van der Waals surface area contributed by atoms with Crippen LogP contribution in [0.1, 0.15) is 72.8 Å². The lowest BCUT2D eigenvalue weighted by Crippen LogP contribution is -2.41. The molecule has 230 valence electrons. The maximum Gasteiger partial charge on any atom is 0.324 e. The Balaban J connectivity index is 1.85. The van der Waals surface area contributed by atoms with Crippen LogP contribution < -0.4 is 16.0 Å². The molecule has 43 heavy (non-hydrogen) atoms. The van der Waals surface area contributed by atoms with Crippen molar-refractivity contribution in [2.45, 2.75) is 59.9 Å². The zero-order valence-electron chi connectivity index (χ0n) is 26.2. The van der Waals surface area contributed by atoms with Gasteiger partial charge in [0.15, 0.2) is 0 Å². The van der Waals surface area contributed by atoms with Gasteiger partial charge in [0.1, 0.15) is 10.7 Å². The second-order valence-corrected chi connectivity index (χ2v) is 12.7. The number of hydrogen-bond donors (Lipinski definition) is 3. The first-order valence-electron chi connectivity index (χ1n) is 14.3. The van der Waals surface area contributed by atoms with Crippen LogP contribution >= 0.6 is 11.3 Å². The fraction of sp³-hybridized carbons (Fsp3) is 0.406. The summed E-state index contributed by atoms with van der Waals surface area (Å²) in [5.41, 5.74) is 3.73. The Morgan fingerprint density at radius 3 is 2.35 bits per heavy atom. The van der Waals surface area contributed by atoms with Crippen LogP contribution in [0.2, 0.25) is 0 Å². The number of carbonyl (C=O) groups excluding carboxylic acids is 4. The van der Waals surface area contributed by atoms with Gasteiger partial charge in [-0.1, -0.05) is 32.9 Å². The van der Waals surface area contributed by atoms with Gasteiger partial charge in [-0.25, -0.2) is 4.79 Å². The van der Waals surface area contributed by atoms with Crippen molar-refractivity contribution in [1.29, 1.82) is 0 Å². The number of carbonyl (C=O) groups is 4. The van der Waals surface area contributed by atoms with E-state index in [1.54, 1.807) is 30.3 Å². The topological polar surface area (TPSA) is 124 Å². The second kappa shape index (κ2) is 14.3. The Hall–Kier alpha value is -4.25. The van der Waals surface area contributed by atoms with Gasteiger partial charge < -0.3 is 20.4 Å². The van der Waals surface area contributed by atoms with E-state index in [2.05, 4.69) is 41.7 Å². The molecule has 0 aliphatic rings. The van der Waals surface area contributed by atoms with Gasteiger partial charge in [-0.15, -0.1) is 11.3 Å². The number of nitrogens with one attached hydrogen (secondary N) is 3. The largest absolute Gasteiger partial charge is 0.351 e. The van der Waals surface area contributed by atoms with E-state index in [0.717, 1.165) is 28.0 Å². The van der Waals surface area contributed by atoms with Gasteiger partial charge in [0.05, 0.1) is 5.56 Å². The molecule has 11 heteroatoms. The average molecular weight is 607 g/mol. The summed E-state index contributed by atoms with van der Waals surface area (Å²) >= 11 is 1.37. The Bertz CT molecular complexity index is 1460. The average Bonchev–Trinajstić information content (AvgIpc) is 3.38. The number of benzene rings is 1. The van der Waals surface area contributed by atoms with E-state index in [9.17, 15) is 19.2 Å². The summed E-state index contributed by atoms with van der Waals surface area (Å²) in [5, 5.41) is 8.99. The number of hydrogen-bond acceptors (Lipinski definition) is 6. The SMILES string of the molecule is CCNC(=O)c1ccc(-c2cc(NC(=O)Nc3sc(C(C)(C)C)cc3C(=O)N(CCN(C)C=O)C(C)C)ccc2C)cn1. The molecule has 0 aliphatic heterocycles. The summed E-state index contributed by atoms with van der Waals surface area (Å²) in [6.45, 7) is 15.1. The van der Waals surface area contributed by atoms with Gasteiger partial charge in [0, 0.05) is 55.0 Å². The number of likely N-dealkylation sites (N-methyl/N-ethyl adjacent to an activating group) is 1. The maximum absolute atomic E-state index is 13.8. The molecule has 3 N–H and O–H groups in total. The van der Waals surface area contributed by atoms with E-state index in [1.165, 1.54) is 16.2 Å². The normalized spacial score (nSPS) is 11.2. The maximum atomic E-state index is 13.8. The van der Waals surface area contributed by atoms with Gasteiger partial charge in [0.25, 0.3) is 11.8 Å². The zero-order valence-corrected chi connectivity index (χ0v) is 27.0. The Morgan fingerprint density at radius 2 is 1.77 bits per heavy atom. The summed E-state index contributed by atoms with van der Waals surface area (Å²) < 4.78 is 0. The van der Waals surface area contributed by atoms with Crippen LogP contribution in [-0.2, 0) is 10.2 Å². The van der Waals surface area contributed by atoms with Crippen LogP contribution in [-0.4, -0.2) is 71.8 Å². The Kier molecular flexibility index (Phi) is 11.0. The number of aromatic nitrogens is 1. The molecule has 10 nitrogen and oxygen atoms in total. The highest BCUT2D eigenvalue weighted by atomic mass is 32.1. The second-order valence-electron chi connectivity index (χ2n) is 11.7. The van der Waals surface area contributed by atoms with E-state index in [0.29, 0.717) is 41.6 Å². The van der Waals surface area contributed by atoms with Gasteiger partial charge in [-0.05, 0) is 68.5 Å². The fourth-order valence-electron chi connectivity index (χ4n) is 4.29. The molecule has 0 saturated carbocycles. The number of urea groups is 1. The third kappa shape index (κ3) is 8.63. The van der Waals surface area contributed by atoms with Crippen molar-refractivity contribution in [3.05, 3.63) is 64.3 Å². The van der Waals surface area contributed by atoms with E-state index in [1.807, 2.05) is 52.0 Å². The molecule has 1 aromatic carbocycles. The number of aryl methyl sites for hydroxylation is 1. The van der Waals surface area contributed by atoms with Gasteiger partial charge >= 0.3 is 6.03 Å². The number of thiophene rings is 1. The minimum Gasteiger partial charge on any atom is -0.351 e. The third-order valence-corrected chi connectivity index (χ3v) is 8.30. The molecule has 0 spiro atoms. The molecule has 2 aromatic heterocycles. The molecule has 2 heterocycles. The third-order valence-electron chi connectivity index (χ3n) is 6.83. The number of pyridine rings is 1. The lowest BCUT2D eigenvalue weighted by atomic mass is 9.94. The first kappa shape index (κ1) is 33.3. The number of anilines is 2. The summed E-state index contributed by atoms with van der Waals surface area (Å²) in [6.07, 6.45) is 2.37. The highest BCUT2D eigenvalue weighted by molar-refractivity contribution is 7.16. The minimum absolute atomic E-state index is 0.109. The molecule has 0 saturated heterocycles. The van der Waals surface area contributed by atoms with E-state index < -0.39 is 6.03 Å². The molecule has 5 amide bonds. The predicted octanol–water partition coefficient (Wildman–Crippen LogP) is 5.75. The van der Waals surface area contributed by atoms with Crippen molar-refractivity contribution >= 4 is 46.3 Å². The van der Waals surface area contributed by atoms with Crippen LogP contribution in [0.5, 0.6) is 0 Å². The Labute approximate surface area is 257 Å². The van der Waals surface area contributed by atoms with Crippen molar-refractivity contribution in [2.24, 2.45) is 0 Å². The molecule has 0 aliphatic carbocycles. The van der Waals surface area contributed by atoms with Crippen molar-refractivity contribution in [1.82, 2.24) is 20.1 Å². The molecule has 0 unspecified atom stereocenters. The molecular weight excluding hydrogens is 564 g/mol. The van der Waals surface area contributed by atoms with E-state index in [-0.39, 0.29) is 23.3 Å². The number of rotatable bonds is 11. The lowest BCUT2D eigenvalue weighted by molar-refractivity contribution is -0.117. The van der Waals surface area contributed by atoms with Crippen LogP contribution in [0.15, 0.2) is 42.6 Å². The fourth-order valence-corrected chi connectivity index (χ4v) is 5.40. The molecule has 0 atom stereocenters.